The van der Waals surface area contributed by atoms with Crippen LogP contribution in [0.4, 0.5) is 0 Å². The van der Waals surface area contributed by atoms with Crippen LogP contribution in [-0.2, 0) is 6.54 Å². The number of halogens is 3. The molecule has 0 bridgehead atoms. The van der Waals surface area contributed by atoms with E-state index in [0.29, 0.717) is 6.54 Å². The number of aromatic amines is 1. The predicted molar refractivity (Wildman–Crippen MR) is 48.7 cm³/mol. The van der Waals surface area contributed by atoms with Gasteiger partial charge in [0.15, 0.2) is 0 Å². The molecule has 10 heavy (non-hydrogen) atoms. The third kappa shape index (κ3) is 2.88. The van der Waals surface area contributed by atoms with Gasteiger partial charge in [-0.15, -0.1) is 24.8 Å². The van der Waals surface area contributed by atoms with Crippen LogP contribution in [0.3, 0.4) is 0 Å². The molecule has 0 aliphatic rings. The van der Waals surface area contributed by atoms with Gasteiger partial charge in [-0.3, -0.25) is 5.10 Å². The van der Waals surface area contributed by atoms with Gasteiger partial charge in [0, 0.05) is 12.1 Å². The minimum atomic E-state index is 0. The van der Waals surface area contributed by atoms with E-state index in [-0.39, 0.29) is 24.8 Å². The number of nitrogens with one attached hydrogen (secondary N) is 1. The number of H-pyrrole nitrogens is 1. The molecular weight excluding hydrogens is 241 g/mol. The highest BCUT2D eigenvalue weighted by Gasteiger charge is 1.95. The summed E-state index contributed by atoms with van der Waals surface area (Å²) in [6.07, 6.45) is 1.70. The summed E-state index contributed by atoms with van der Waals surface area (Å²) in [5.74, 6) is 0. The number of hydrogen-bond acceptors (Lipinski definition) is 2. The summed E-state index contributed by atoms with van der Waals surface area (Å²) in [4.78, 5) is 0. The van der Waals surface area contributed by atoms with Crippen molar-refractivity contribution in [3.05, 3.63) is 16.4 Å². The minimum Gasteiger partial charge on any atom is -0.326 e. The predicted octanol–water partition coefficient (Wildman–Crippen LogP) is 1.47. The molecule has 1 rings (SSSR count). The largest absolute Gasteiger partial charge is 0.326 e. The van der Waals surface area contributed by atoms with Gasteiger partial charge in [-0.2, -0.15) is 5.10 Å². The first-order valence-electron chi connectivity index (χ1n) is 2.22. The molecule has 3 N–H and O–H groups in total. The van der Waals surface area contributed by atoms with E-state index in [1.54, 1.807) is 6.20 Å². The minimum absolute atomic E-state index is 0. The standard InChI is InChI=1S/C4H6BrN3.2ClH/c5-4-3(1-6)2-7-8-4;;/h2H,1,6H2,(H,7,8);2*1H. The molecule has 3 nitrogen and oxygen atoms in total. The van der Waals surface area contributed by atoms with E-state index in [2.05, 4.69) is 26.1 Å². The van der Waals surface area contributed by atoms with Crippen molar-refractivity contribution < 1.29 is 0 Å². The van der Waals surface area contributed by atoms with Crippen molar-refractivity contribution in [3.63, 3.8) is 0 Å². The van der Waals surface area contributed by atoms with Crippen molar-refractivity contribution in [1.82, 2.24) is 10.2 Å². The third-order valence-electron chi connectivity index (χ3n) is 0.885. The molecule has 0 aliphatic heterocycles. The lowest BCUT2D eigenvalue weighted by atomic mass is 10.4. The first-order chi connectivity index (χ1) is 3.84. The molecule has 0 aromatic carbocycles. The maximum absolute atomic E-state index is 5.31. The molecule has 0 aliphatic carbocycles. The molecule has 1 aromatic heterocycles. The zero-order chi connectivity index (χ0) is 5.98. The smallest absolute Gasteiger partial charge is 0.105 e. The average molecular weight is 249 g/mol. The number of aromatic nitrogens is 2. The van der Waals surface area contributed by atoms with Crippen molar-refractivity contribution in [2.45, 2.75) is 6.54 Å². The van der Waals surface area contributed by atoms with Crippen LogP contribution in [0.2, 0.25) is 0 Å². The summed E-state index contributed by atoms with van der Waals surface area (Å²) in [5.41, 5.74) is 6.31. The van der Waals surface area contributed by atoms with Gasteiger partial charge in [0.1, 0.15) is 4.60 Å². The van der Waals surface area contributed by atoms with Gasteiger partial charge in [0.2, 0.25) is 0 Å². The molecule has 0 spiro atoms. The van der Waals surface area contributed by atoms with Crippen LogP contribution in [0.1, 0.15) is 5.56 Å². The molecule has 1 aromatic rings. The van der Waals surface area contributed by atoms with E-state index in [1.807, 2.05) is 0 Å². The van der Waals surface area contributed by atoms with Crippen LogP contribution < -0.4 is 5.73 Å². The fourth-order valence-corrected chi connectivity index (χ4v) is 0.804. The average Bonchev–Trinajstić information content (AvgIpc) is 2.14. The number of rotatable bonds is 1. The van der Waals surface area contributed by atoms with Gasteiger partial charge >= 0.3 is 0 Å². The van der Waals surface area contributed by atoms with E-state index in [0.717, 1.165) is 10.2 Å². The van der Waals surface area contributed by atoms with Crippen molar-refractivity contribution in [2.24, 2.45) is 5.73 Å². The molecule has 0 fully saturated rings. The van der Waals surface area contributed by atoms with Crippen LogP contribution >= 0.6 is 40.7 Å². The zero-order valence-corrected chi connectivity index (χ0v) is 8.22. The lowest BCUT2D eigenvalue weighted by molar-refractivity contribution is 1.05. The summed E-state index contributed by atoms with van der Waals surface area (Å²) < 4.78 is 0.875. The maximum atomic E-state index is 5.31. The van der Waals surface area contributed by atoms with Crippen molar-refractivity contribution >= 4 is 40.7 Å². The van der Waals surface area contributed by atoms with Crippen molar-refractivity contribution in [1.29, 1.82) is 0 Å². The van der Waals surface area contributed by atoms with E-state index in [1.165, 1.54) is 0 Å². The summed E-state index contributed by atoms with van der Waals surface area (Å²) in [7, 11) is 0. The fraction of sp³-hybridized carbons (Fsp3) is 0.250. The lowest BCUT2D eigenvalue weighted by Crippen LogP contribution is -1.94. The molecule has 60 valence electrons. The third-order valence-corrected chi connectivity index (χ3v) is 1.57. The van der Waals surface area contributed by atoms with Crippen LogP contribution in [0.25, 0.3) is 0 Å². The van der Waals surface area contributed by atoms with Gasteiger partial charge < -0.3 is 5.73 Å². The second-order valence-corrected chi connectivity index (χ2v) is 2.21. The zero-order valence-electron chi connectivity index (χ0n) is 5.00. The quantitative estimate of drug-likeness (QED) is 0.791. The first kappa shape index (κ1) is 12.9. The normalized spacial score (nSPS) is 7.80. The number of hydrogen-bond donors (Lipinski definition) is 2. The Morgan fingerprint density at radius 2 is 2.20 bits per heavy atom. The van der Waals surface area contributed by atoms with Crippen molar-refractivity contribution in [3.8, 4) is 0 Å². The van der Waals surface area contributed by atoms with Gasteiger partial charge in [-0.1, -0.05) is 0 Å². The van der Waals surface area contributed by atoms with E-state index < -0.39 is 0 Å². The molecular formula is C4H8BrCl2N3. The molecule has 6 heteroatoms. The van der Waals surface area contributed by atoms with Crippen LogP contribution in [0, 0.1) is 0 Å². The number of nitrogens with zero attached hydrogens (tertiary/aromatic N) is 1. The van der Waals surface area contributed by atoms with E-state index in [9.17, 15) is 0 Å². The molecule has 0 unspecified atom stereocenters. The Bertz CT molecular complexity index is 179. The van der Waals surface area contributed by atoms with Gasteiger partial charge in [0.25, 0.3) is 0 Å². The topological polar surface area (TPSA) is 54.7 Å². The fourth-order valence-electron chi connectivity index (χ4n) is 0.438. The highest BCUT2D eigenvalue weighted by molar-refractivity contribution is 9.10. The monoisotopic (exact) mass is 247 g/mol. The molecule has 1 heterocycles. The van der Waals surface area contributed by atoms with Crippen LogP contribution in [0.5, 0.6) is 0 Å². The van der Waals surface area contributed by atoms with Gasteiger partial charge in [-0.05, 0) is 15.9 Å². The summed E-state index contributed by atoms with van der Waals surface area (Å²) in [6, 6.07) is 0. The second kappa shape index (κ2) is 5.97. The van der Waals surface area contributed by atoms with Crippen LogP contribution in [0.15, 0.2) is 10.8 Å². The van der Waals surface area contributed by atoms with E-state index in [4.69, 9.17) is 5.73 Å². The Kier molecular flexibility index (Phi) is 7.69. The van der Waals surface area contributed by atoms with Gasteiger partial charge in [-0.25, -0.2) is 0 Å². The summed E-state index contributed by atoms with van der Waals surface area (Å²) in [6.45, 7) is 0.525. The van der Waals surface area contributed by atoms with E-state index >= 15 is 0 Å². The second-order valence-electron chi connectivity index (χ2n) is 1.41. The van der Waals surface area contributed by atoms with Crippen molar-refractivity contribution in [2.75, 3.05) is 0 Å². The molecule has 0 atom stereocenters. The Morgan fingerprint density at radius 1 is 1.60 bits per heavy atom. The Morgan fingerprint density at radius 3 is 2.40 bits per heavy atom. The number of nitrogens with two attached hydrogens (primary N) is 1. The highest BCUT2D eigenvalue weighted by atomic mass is 79.9. The maximum Gasteiger partial charge on any atom is 0.105 e. The van der Waals surface area contributed by atoms with Crippen LogP contribution in [-0.4, -0.2) is 10.2 Å². The summed E-state index contributed by atoms with van der Waals surface area (Å²) in [5, 5.41) is 6.45. The summed E-state index contributed by atoms with van der Waals surface area (Å²) >= 11 is 3.23. The molecule has 0 saturated carbocycles. The first-order valence-corrected chi connectivity index (χ1v) is 3.01. The highest BCUT2D eigenvalue weighted by Crippen LogP contribution is 2.09. The Balaban J connectivity index is 0. The SMILES string of the molecule is Cl.Cl.NCc1cn[nH]c1Br. The molecule has 0 saturated heterocycles. The Hall–Kier alpha value is 0.230. The molecule has 0 radical (unpaired) electrons. The Labute approximate surface area is 79.7 Å². The van der Waals surface area contributed by atoms with Gasteiger partial charge in [0.05, 0.1) is 6.20 Å². The molecule has 0 amide bonds. The lowest BCUT2D eigenvalue weighted by Gasteiger charge is -1.84.